The van der Waals surface area contributed by atoms with E-state index in [4.69, 9.17) is 9.84 Å². The number of carbonyl (C=O) groups is 1. The predicted octanol–water partition coefficient (Wildman–Crippen LogP) is 4.06. The van der Waals surface area contributed by atoms with E-state index in [2.05, 4.69) is 19.6 Å². The summed E-state index contributed by atoms with van der Waals surface area (Å²) in [6.45, 7) is 6.69. The van der Waals surface area contributed by atoms with Gasteiger partial charge in [-0.05, 0) is 12.1 Å². The Labute approximate surface area is 103 Å². The van der Waals surface area contributed by atoms with Crippen molar-refractivity contribution in [1.29, 1.82) is 0 Å². The summed E-state index contributed by atoms with van der Waals surface area (Å²) in [5, 5.41) is 8.72. The zero-order chi connectivity index (χ0) is 12.9. The summed E-state index contributed by atoms with van der Waals surface area (Å²) in [5.74, 6) is 0.431. The molecule has 4 heteroatoms. The van der Waals surface area contributed by atoms with Gasteiger partial charge in [-0.1, -0.05) is 50.0 Å². The van der Waals surface area contributed by atoms with Crippen LogP contribution in [0.5, 0.6) is 0 Å². The van der Waals surface area contributed by atoms with Crippen LogP contribution in [0.25, 0.3) is 5.76 Å². The van der Waals surface area contributed by atoms with E-state index in [9.17, 15) is 4.79 Å². The molecule has 92 valence electrons. The summed E-state index contributed by atoms with van der Waals surface area (Å²) in [4.78, 5) is 10.7. The van der Waals surface area contributed by atoms with E-state index in [-0.39, 0.29) is 0 Å². The first-order valence-corrected chi connectivity index (χ1v) is 9.25. The molecular weight excluding hydrogens is 232 g/mol. The Hall–Kier alpha value is -1.55. The Morgan fingerprint density at radius 3 is 2.35 bits per heavy atom. The second kappa shape index (κ2) is 5.68. The van der Waals surface area contributed by atoms with Crippen molar-refractivity contribution in [1.82, 2.24) is 0 Å². The Balaban J connectivity index is 2.92. The first-order valence-electron chi connectivity index (χ1n) is 5.55. The molecule has 0 saturated heterocycles. The van der Waals surface area contributed by atoms with E-state index in [1.165, 1.54) is 0 Å². The molecule has 0 atom stereocenters. The number of benzene rings is 1. The smallest absolute Gasteiger partial charge is 0.449 e. The number of hydrogen-bond acceptors (Lipinski definition) is 2. The largest absolute Gasteiger partial charge is 0.511 e. The van der Waals surface area contributed by atoms with E-state index in [0.29, 0.717) is 5.76 Å². The first kappa shape index (κ1) is 13.5. The number of ether oxygens (including phenoxy) is 1. The second-order valence-corrected chi connectivity index (χ2v) is 10.6. The van der Waals surface area contributed by atoms with Gasteiger partial charge in [0, 0.05) is 13.6 Å². The molecule has 0 heterocycles. The van der Waals surface area contributed by atoms with E-state index < -0.39 is 14.2 Å². The quantitative estimate of drug-likeness (QED) is 0.498. The Kier molecular flexibility index (Phi) is 4.51. The zero-order valence-corrected chi connectivity index (χ0v) is 11.4. The van der Waals surface area contributed by atoms with Crippen molar-refractivity contribution < 1.29 is 14.6 Å². The fourth-order valence-electron chi connectivity index (χ4n) is 1.31. The van der Waals surface area contributed by atoms with Gasteiger partial charge >= 0.3 is 6.16 Å². The highest BCUT2D eigenvalue weighted by atomic mass is 28.3. The molecule has 0 radical (unpaired) electrons. The molecule has 1 aromatic carbocycles. The average Bonchev–Trinajstić information content (AvgIpc) is 2.24. The van der Waals surface area contributed by atoms with Crippen LogP contribution >= 0.6 is 0 Å². The molecule has 0 saturated carbocycles. The molecule has 1 aromatic rings. The van der Waals surface area contributed by atoms with Crippen molar-refractivity contribution >= 4 is 20.0 Å². The van der Waals surface area contributed by atoms with Crippen molar-refractivity contribution in [3.8, 4) is 0 Å². The fraction of sp³-hybridized carbons (Fsp3) is 0.308. The number of rotatable bonds is 4. The summed E-state index contributed by atoms with van der Waals surface area (Å²) >= 11 is 0. The lowest BCUT2D eigenvalue weighted by Gasteiger charge is -2.14. The average molecular weight is 250 g/mol. The normalized spacial score (nSPS) is 12.3. The highest BCUT2D eigenvalue weighted by molar-refractivity contribution is 6.76. The maximum Gasteiger partial charge on any atom is 0.511 e. The molecule has 3 nitrogen and oxygen atoms in total. The van der Waals surface area contributed by atoms with Crippen LogP contribution in [0.2, 0.25) is 25.7 Å². The van der Waals surface area contributed by atoms with Crippen LogP contribution in [0.4, 0.5) is 4.79 Å². The molecule has 0 fully saturated rings. The van der Waals surface area contributed by atoms with Crippen LogP contribution in [0.3, 0.4) is 0 Å². The van der Waals surface area contributed by atoms with Gasteiger partial charge < -0.3 is 9.84 Å². The topological polar surface area (TPSA) is 46.5 Å². The van der Waals surface area contributed by atoms with Crippen LogP contribution in [-0.4, -0.2) is 19.3 Å². The standard InChI is InChI=1S/C13H18O3Si/c1-17(2,3)10-9-12(16-13(14)15)11-7-5-4-6-8-11/h4-9H,10H2,1-3H3,(H,14,15)/b12-9+. The van der Waals surface area contributed by atoms with Gasteiger partial charge in [-0.2, -0.15) is 0 Å². The molecule has 0 amide bonds. The lowest BCUT2D eigenvalue weighted by molar-refractivity contribution is 0.134. The molecular formula is C13H18O3Si. The summed E-state index contributed by atoms with van der Waals surface area (Å²) in [7, 11) is -1.25. The molecule has 0 aliphatic carbocycles. The Morgan fingerprint density at radius 2 is 1.88 bits per heavy atom. The van der Waals surface area contributed by atoms with Crippen molar-refractivity contribution in [2.45, 2.75) is 25.7 Å². The number of carboxylic acid groups (broad SMARTS) is 1. The van der Waals surface area contributed by atoms with Gasteiger partial charge in [-0.15, -0.1) is 0 Å². The third kappa shape index (κ3) is 5.35. The van der Waals surface area contributed by atoms with Gasteiger partial charge in [0.25, 0.3) is 0 Å². The van der Waals surface area contributed by atoms with E-state index in [1.807, 2.05) is 36.4 Å². The highest BCUT2D eigenvalue weighted by Crippen LogP contribution is 2.19. The molecule has 1 rings (SSSR count). The zero-order valence-electron chi connectivity index (χ0n) is 10.4. The van der Waals surface area contributed by atoms with E-state index >= 15 is 0 Å². The van der Waals surface area contributed by atoms with E-state index in [0.717, 1.165) is 11.6 Å². The molecule has 0 aliphatic heterocycles. The third-order valence-electron chi connectivity index (χ3n) is 2.16. The van der Waals surface area contributed by atoms with Gasteiger partial charge in [0.2, 0.25) is 0 Å². The first-order chi connectivity index (χ1) is 7.88. The minimum Gasteiger partial charge on any atom is -0.449 e. The van der Waals surface area contributed by atoms with Gasteiger partial charge in [0.15, 0.2) is 0 Å². The molecule has 0 bridgehead atoms. The number of allylic oxidation sites excluding steroid dienone is 1. The van der Waals surface area contributed by atoms with Crippen LogP contribution in [0, 0.1) is 0 Å². The van der Waals surface area contributed by atoms with Crippen LogP contribution in [0.1, 0.15) is 5.56 Å². The molecule has 17 heavy (non-hydrogen) atoms. The van der Waals surface area contributed by atoms with Crippen LogP contribution < -0.4 is 0 Å². The minimum absolute atomic E-state index is 0.431. The lowest BCUT2D eigenvalue weighted by Crippen LogP contribution is -2.17. The van der Waals surface area contributed by atoms with Crippen LogP contribution in [0.15, 0.2) is 36.4 Å². The van der Waals surface area contributed by atoms with Gasteiger partial charge in [-0.25, -0.2) is 4.79 Å². The molecule has 0 aromatic heterocycles. The van der Waals surface area contributed by atoms with Gasteiger partial charge in [-0.3, -0.25) is 0 Å². The van der Waals surface area contributed by atoms with Crippen molar-refractivity contribution in [3.05, 3.63) is 42.0 Å². The van der Waals surface area contributed by atoms with E-state index in [1.54, 1.807) is 0 Å². The SMILES string of the molecule is C[Si](C)(C)C/C=C(/OC(=O)O)c1ccccc1. The molecule has 1 N–H and O–H groups in total. The molecule has 0 aliphatic rings. The Morgan fingerprint density at radius 1 is 1.29 bits per heavy atom. The van der Waals surface area contributed by atoms with Gasteiger partial charge in [0.1, 0.15) is 5.76 Å². The highest BCUT2D eigenvalue weighted by Gasteiger charge is 2.13. The summed E-state index contributed by atoms with van der Waals surface area (Å²) < 4.78 is 4.83. The summed E-state index contributed by atoms with van der Waals surface area (Å²) in [6, 6.07) is 10.2. The van der Waals surface area contributed by atoms with Gasteiger partial charge in [0.05, 0.1) is 0 Å². The van der Waals surface area contributed by atoms with Crippen molar-refractivity contribution in [2.24, 2.45) is 0 Å². The number of hydrogen-bond donors (Lipinski definition) is 1. The molecule has 0 unspecified atom stereocenters. The summed E-state index contributed by atoms with van der Waals surface area (Å²) in [6.07, 6.45) is 0.617. The predicted molar refractivity (Wildman–Crippen MR) is 71.7 cm³/mol. The van der Waals surface area contributed by atoms with Crippen LogP contribution in [-0.2, 0) is 4.74 Å². The lowest BCUT2D eigenvalue weighted by atomic mass is 10.2. The van der Waals surface area contributed by atoms with Crippen molar-refractivity contribution in [3.63, 3.8) is 0 Å². The monoisotopic (exact) mass is 250 g/mol. The maximum atomic E-state index is 10.7. The Bertz CT molecular complexity index is 404. The van der Waals surface area contributed by atoms with Crippen molar-refractivity contribution in [2.75, 3.05) is 0 Å². The fourth-order valence-corrected chi connectivity index (χ4v) is 2.11. The minimum atomic E-state index is -1.27. The third-order valence-corrected chi connectivity index (χ3v) is 3.58. The molecule has 0 spiro atoms. The summed E-state index contributed by atoms with van der Waals surface area (Å²) in [5.41, 5.74) is 0.799. The maximum absolute atomic E-state index is 10.7. The second-order valence-electron chi connectivity index (χ2n) is 5.07.